The highest BCUT2D eigenvalue weighted by molar-refractivity contribution is 5.76. The molecule has 1 aliphatic rings. The summed E-state index contributed by atoms with van der Waals surface area (Å²) in [4.78, 5) is 13.8. The highest BCUT2D eigenvalue weighted by atomic mass is 16.5. The van der Waals surface area contributed by atoms with Gasteiger partial charge >= 0.3 is 0 Å². The second-order valence-electron chi connectivity index (χ2n) is 6.64. The fourth-order valence-corrected chi connectivity index (χ4v) is 3.50. The van der Waals surface area contributed by atoms with Gasteiger partial charge in [0.05, 0.1) is 26.3 Å². The Kier molecular flexibility index (Phi) is 6.36. The Morgan fingerprint density at radius 3 is 2.56 bits per heavy atom. The summed E-state index contributed by atoms with van der Waals surface area (Å²) in [7, 11) is 3.30. The molecular formula is C18H26N6O3. The summed E-state index contributed by atoms with van der Waals surface area (Å²) in [6.45, 7) is 2.60. The van der Waals surface area contributed by atoms with Gasteiger partial charge in [-0.3, -0.25) is 9.69 Å². The average Bonchev–Trinajstić information content (AvgIpc) is 3.15. The van der Waals surface area contributed by atoms with Crippen LogP contribution in [0.25, 0.3) is 0 Å². The summed E-state index contributed by atoms with van der Waals surface area (Å²) in [5.41, 5.74) is 6.55. The Balaban J connectivity index is 1.89. The van der Waals surface area contributed by atoms with Gasteiger partial charge in [0.2, 0.25) is 5.91 Å². The highest BCUT2D eigenvalue weighted by Crippen LogP contribution is 2.32. The molecule has 9 nitrogen and oxygen atoms in total. The van der Waals surface area contributed by atoms with Crippen LogP contribution in [0, 0.1) is 5.92 Å². The molecule has 3 rings (SSSR count). The first-order valence-electron chi connectivity index (χ1n) is 9.06. The van der Waals surface area contributed by atoms with Gasteiger partial charge < -0.3 is 15.2 Å². The number of methoxy groups -OCH3 is 2. The van der Waals surface area contributed by atoms with Gasteiger partial charge in [-0.1, -0.05) is 12.1 Å². The standard InChI is InChI=1S/C18H26N6O3/c1-26-12-11-24-18(20-21-22-24)16(13-3-5-15(27-2)6-4-13)23-9-7-14(8-10-23)17(19)25/h3-6,14,16H,7-12H2,1-2H3,(H2,19,25)/t16-/m1/s1. The fraction of sp³-hybridized carbons (Fsp3) is 0.556. The number of carbonyl (C=O) groups is 1. The Labute approximate surface area is 158 Å². The van der Waals surface area contributed by atoms with E-state index in [4.69, 9.17) is 15.2 Å². The molecule has 0 radical (unpaired) electrons. The van der Waals surface area contributed by atoms with Crippen molar-refractivity contribution in [3.63, 3.8) is 0 Å². The molecule has 2 aromatic rings. The Hall–Kier alpha value is -2.52. The number of amides is 1. The van der Waals surface area contributed by atoms with E-state index < -0.39 is 0 Å². The average molecular weight is 374 g/mol. The lowest BCUT2D eigenvalue weighted by molar-refractivity contribution is -0.123. The molecule has 2 heterocycles. The van der Waals surface area contributed by atoms with E-state index >= 15 is 0 Å². The first-order valence-corrected chi connectivity index (χ1v) is 9.06. The number of nitrogens with zero attached hydrogens (tertiary/aromatic N) is 5. The Bertz CT molecular complexity index is 740. The van der Waals surface area contributed by atoms with Crippen LogP contribution in [0.15, 0.2) is 24.3 Å². The van der Waals surface area contributed by atoms with Crippen molar-refractivity contribution in [2.24, 2.45) is 11.7 Å². The number of aromatic nitrogens is 4. The van der Waals surface area contributed by atoms with Gasteiger partial charge in [0.1, 0.15) is 5.75 Å². The summed E-state index contributed by atoms with van der Waals surface area (Å²) in [5.74, 6) is 1.27. The van der Waals surface area contributed by atoms with Crippen LogP contribution in [0.1, 0.15) is 30.3 Å². The number of likely N-dealkylation sites (tertiary alicyclic amines) is 1. The minimum atomic E-state index is -0.222. The summed E-state index contributed by atoms with van der Waals surface area (Å²) in [6, 6.07) is 7.80. The lowest BCUT2D eigenvalue weighted by Crippen LogP contribution is -2.41. The normalized spacial score (nSPS) is 17.0. The predicted molar refractivity (Wildman–Crippen MR) is 98.0 cm³/mol. The molecule has 0 spiro atoms. The molecule has 1 aromatic carbocycles. The van der Waals surface area contributed by atoms with Crippen LogP contribution in [0.4, 0.5) is 0 Å². The summed E-state index contributed by atoms with van der Waals surface area (Å²) in [6.07, 6.45) is 1.48. The quantitative estimate of drug-likeness (QED) is 0.721. The largest absolute Gasteiger partial charge is 0.497 e. The third kappa shape index (κ3) is 4.42. The van der Waals surface area contributed by atoms with Crippen molar-refractivity contribution < 1.29 is 14.3 Å². The molecule has 1 atom stereocenters. The first kappa shape index (κ1) is 19.2. The summed E-state index contributed by atoms with van der Waals surface area (Å²) >= 11 is 0. The van der Waals surface area contributed by atoms with E-state index in [0.29, 0.717) is 13.2 Å². The molecule has 146 valence electrons. The lowest BCUT2D eigenvalue weighted by Gasteiger charge is -2.36. The fourth-order valence-electron chi connectivity index (χ4n) is 3.50. The topological polar surface area (TPSA) is 108 Å². The number of tetrazole rings is 1. The van der Waals surface area contributed by atoms with E-state index in [1.165, 1.54) is 0 Å². The van der Waals surface area contributed by atoms with Gasteiger partial charge in [0.15, 0.2) is 5.82 Å². The second kappa shape index (κ2) is 8.92. The molecular weight excluding hydrogens is 348 g/mol. The zero-order chi connectivity index (χ0) is 19.2. The van der Waals surface area contributed by atoms with Gasteiger partial charge in [0, 0.05) is 13.0 Å². The van der Waals surface area contributed by atoms with Crippen molar-refractivity contribution in [1.82, 2.24) is 25.1 Å². The van der Waals surface area contributed by atoms with Crippen LogP contribution in [0.2, 0.25) is 0 Å². The van der Waals surface area contributed by atoms with Crippen molar-refractivity contribution in [2.75, 3.05) is 33.9 Å². The monoisotopic (exact) mass is 374 g/mol. The van der Waals surface area contributed by atoms with E-state index in [1.54, 1.807) is 18.9 Å². The molecule has 1 amide bonds. The number of hydrogen-bond donors (Lipinski definition) is 1. The molecule has 1 fully saturated rings. The van der Waals surface area contributed by atoms with Gasteiger partial charge in [-0.05, 0) is 54.1 Å². The van der Waals surface area contributed by atoms with Crippen LogP contribution in [-0.2, 0) is 16.1 Å². The van der Waals surface area contributed by atoms with Crippen molar-refractivity contribution >= 4 is 5.91 Å². The van der Waals surface area contributed by atoms with E-state index in [2.05, 4.69) is 20.4 Å². The number of ether oxygens (including phenoxy) is 2. The highest BCUT2D eigenvalue weighted by Gasteiger charge is 2.32. The third-order valence-electron chi connectivity index (χ3n) is 5.04. The summed E-state index contributed by atoms with van der Waals surface area (Å²) in [5, 5.41) is 12.3. The molecule has 0 aliphatic carbocycles. The second-order valence-corrected chi connectivity index (χ2v) is 6.64. The number of rotatable bonds is 8. The Morgan fingerprint density at radius 1 is 1.26 bits per heavy atom. The molecule has 0 saturated carbocycles. The van der Waals surface area contributed by atoms with Gasteiger partial charge in [-0.15, -0.1) is 5.10 Å². The maximum Gasteiger partial charge on any atom is 0.220 e. The van der Waals surface area contributed by atoms with E-state index in [1.807, 2.05) is 24.3 Å². The van der Waals surface area contributed by atoms with Crippen LogP contribution in [-0.4, -0.2) is 64.9 Å². The molecule has 27 heavy (non-hydrogen) atoms. The predicted octanol–water partition coefficient (Wildman–Crippen LogP) is 0.615. The van der Waals surface area contributed by atoms with Crippen molar-refractivity contribution in [3.8, 4) is 5.75 Å². The minimum Gasteiger partial charge on any atom is -0.497 e. The first-order chi connectivity index (χ1) is 13.1. The zero-order valence-corrected chi connectivity index (χ0v) is 15.7. The number of hydrogen-bond acceptors (Lipinski definition) is 7. The number of nitrogens with two attached hydrogens (primary N) is 1. The number of primary amides is 1. The van der Waals surface area contributed by atoms with Gasteiger partial charge in [0.25, 0.3) is 0 Å². The molecule has 0 unspecified atom stereocenters. The SMILES string of the molecule is COCCn1nnnc1[C@@H](c1ccc(OC)cc1)N1CCC(C(N)=O)CC1. The number of piperidine rings is 1. The molecule has 2 N–H and O–H groups in total. The lowest BCUT2D eigenvalue weighted by atomic mass is 9.93. The van der Waals surface area contributed by atoms with Crippen molar-refractivity contribution in [2.45, 2.75) is 25.4 Å². The van der Waals surface area contributed by atoms with Crippen LogP contribution in [0.5, 0.6) is 5.75 Å². The molecule has 9 heteroatoms. The van der Waals surface area contributed by atoms with Gasteiger partial charge in [-0.2, -0.15) is 0 Å². The third-order valence-corrected chi connectivity index (χ3v) is 5.04. The van der Waals surface area contributed by atoms with Gasteiger partial charge in [-0.25, -0.2) is 4.68 Å². The van der Waals surface area contributed by atoms with Crippen molar-refractivity contribution in [1.29, 1.82) is 0 Å². The van der Waals surface area contributed by atoms with Crippen molar-refractivity contribution in [3.05, 3.63) is 35.7 Å². The van der Waals surface area contributed by atoms with E-state index in [0.717, 1.165) is 43.1 Å². The van der Waals surface area contributed by atoms with Crippen LogP contribution >= 0.6 is 0 Å². The number of benzene rings is 1. The van der Waals surface area contributed by atoms with Crippen LogP contribution in [0.3, 0.4) is 0 Å². The molecule has 1 aromatic heterocycles. The van der Waals surface area contributed by atoms with E-state index in [-0.39, 0.29) is 17.9 Å². The maximum atomic E-state index is 11.5. The molecule has 1 saturated heterocycles. The van der Waals surface area contributed by atoms with Crippen LogP contribution < -0.4 is 10.5 Å². The smallest absolute Gasteiger partial charge is 0.220 e. The number of carbonyl (C=O) groups excluding carboxylic acids is 1. The maximum absolute atomic E-state index is 11.5. The summed E-state index contributed by atoms with van der Waals surface area (Å²) < 4.78 is 12.2. The molecule has 0 bridgehead atoms. The minimum absolute atomic E-state index is 0.0674. The Morgan fingerprint density at radius 2 is 1.96 bits per heavy atom. The van der Waals surface area contributed by atoms with E-state index in [9.17, 15) is 4.79 Å². The zero-order valence-electron chi connectivity index (χ0n) is 15.7. The molecule has 1 aliphatic heterocycles.